The van der Waals surface area contributed by atoms with Crippen molar-refractivity contribution >= 4 is 21.4 Å². The first-order valence-electron chi connectivity index (χ1n) is 5.31. The van der Waals surface area contributed by atoms with Crippen molar-refractivity contribution < 1.29 is 8.42 Å². The highest BCUT2D eigenvalue weighted by atomic mass is 32.2. The molecule has 0 aliphatic heterocycles. The first-order chi connectivity index (χ1) is 9.03. The Labute approximate surface area is 114 Å². The third-order valence-electron chi connectivity index (χ3n) is 2.28. The molecule has 0 atom stereocenters. The molecule has 0 bridgehead atoms. The van der Waals surface area contributed by atoms with Crippen LogP contribution >= 0.6 is 11.3 Å². The van der Waals surface area contributed by atoms with Crippen LogP contribution in [-0.2, 0) is 16.6 Å². The second kappa shape index (κ2) is 5.44. The number of rotatable bonds is 4. The molecule has 0 saturated heterocycles. The van der Waals surface area contributed by atoms with Gasteiger partial charge in [0, 0.05) is 0 Å². The van der Waals surface area contributed by atoms with Crippen molar-refractivity contribution in [2.75, 3.05) is 0 Å². The van der Waals surface area contributed by atoms with Gasteiger partial charge in [0.15, 0.2) is 0 Å². The number of nitrogens with one attached hydrogen (secondary N) is 1. The normalized spacial score (nSPS) is 11.2. The minimum absolute atomic E-state index is 0.0289. The number of sulfonamides is 1. The number of aromatic nitrogens is 2. The van der Waals surface area contributed by atoms with Gasteiger partial charge in [-0.25, -0.2) is 13.1 Å². The average Bonchev–Trinajstić information content (AvgIpc) is 2.82. The molecule has 1 heterocycles. The highest BCUT2D eigenvalue weighted by molar-refractivity contribution is 7.89. The van der Waals surface area contributed by atoms with Crippen LogP contribution in [0, 0.1) is 18.3 Å². The van der Waals surface area contributed by atoms with Crippen molar-refractivity contribution in [2.45, 2.75) is 18.4 Å². The molecule has 0 amide bonds. The monoisotopic (exact) mass is 294 g/mol. The second-order valence-corrected chi connectivity index (χ2v) is 6.65. The van der Waals surface area contributed by atoms with Crippen LogP contribution in [0.2, 0.25) is 0 Å². The fourth-order valence-corrected chi connectivity index (χ4v) is 3.32. The van der Waals surface area contributed by atoms with Crippen LogP contribution < -0.4 is 4.72 Å². The molecule has 8 heteroatoms. The Morgan fingerprint density at radius 1 is 1.37 bits per heavy atom. The van der Waals surface area contributed by atoms with Gasteiger partial charge in [-0.2, -0.15) is 5.26 Å². The van der Waals surface area contributed by atoms with Gasteiger partial charge in [0.25, 0.3) is 0 Å². The topological polar surface area (TPSA) is 95.7 Å². The van der Waals surface area contributed by atoms with E-state index in [-0.39, 0.29) is 17.0 Å². The molecule has 2 rings (SSSR count). The number of nitrogens with zero attached hydrogens (tertiary/aromatic N) is 3. The lowest BCUT2D eigenvalue weighted by Gasteiger charge is -2.06. The molecule has 1 aromatic heterocycles. The Kier molecular flexibility index (Phi) is 3.90. The van der Waals surface area contributed by atoms with Crippen LogP contribution in [0.5, 0.6) is 0 Å². The summed E-state index contributed by atoms with van der Waals surface area (Å²) in [5.74, 6) is 0. The minimum Gasteiger partial charge on any atom is -0.207 e. The van der Waals surface area contributed by atoms with E-state index in [0.717, 1.165) is 5.01 Å². The largest absolute Gasteiger partial charge is 0.242 e. The number of hydrogen-bond acceptors (Lipinski definition) is 6. The number of hydrogen-bond donors (Lipinski definition) is 1. The second-order valence-electron chi connectivity index (χ2n) is 3.65. The van der Waals surface area contributed by atoms with Crippen LogP contribution in [-0.4, -0.2) is 18.6 Å². The summed E-state index contributed by atoms with van der Waals surface area (Å²) in [4.78, 5) is -0.0289. The van der Waals surface area contributed by atoms with E-state index in [2.05, 4.69) is 14.9 Å². The Bertz CT molecular complexity index is 731. The summed E-state index contributed by atoms with van der Waals surface area (Å²) in [6.45, 7) is 1.86. The molecule has 0 spiro atoms. The number of nitriles is 1. The predicted octanol–water partition coefficient (Wildman–Crippen LogP) is 1.20. The molecule has 0 fully saturated rings. The van der Waals surface area contributed by atoms with Crippen molar-refractivity contribution in [2.24, 2.45) is 0 Å². The van der Waals surface area contributed by atoms with E-state index >= 15 is 0 Å². The summed E-state index contributed by atoms with van der Waals surface area (Å²) in [6.07, 6.45) is 0. The maximum Gasteiger partial charge on any atom is 0.242 e. The van der Waals surface area contributed by atoms with E-state index in [1.165, 1.54) is 23.5 Å². The lowest BCUT2D eigenvalue weighted by atomic mass is 10.2. The molecular formula is C11H10N4O2S2. The van der Waals surface area contributed by atoms with Gasteiger partial charge in [0.1, 0.15) is 16.1 Å². The van der Waals surface area contributed by atoms with Crippen LogP contribution in [0.3, 0.4) is 0 Å². The summed E-state index contributed by atoms with van der Waals surface area (Å²) < 4.78 is 26.6. The average molecular weight is 294 g/mol. The quantitative estimate of drug-likeness (QED) is 0.914. The Morgan fingerprint density at radius 2 is 2.11 bits per heavy atom. The third-order valence-corrected chi connectivity index (χ3v) is 4.58. The van der Waals surface area contributed by atoms with E-state index in [9.17, 15) is 8.42 Å². The van der Waals surface area contributed by atoms with E-state index in [0.29, 0.717) is 5.01 Å². The molecular weight excluding hydrogens is 284 g/mol. The fourth-order valence-electron chi connectivity index (χ4n) is 1.44. The van der Waals surface area contributed by atoms with E-state index in [1.54, 1.807) is 19.1 Å². The van der Waals surface area contributed by atoms with Crippen molar-refractivity contribution in [1.82, 2.24) is 14.9 Å². The Balaban J connectivity index is 2.21. The van der Waals surface area contributed by atoms with E-state index in [4.69, 9.17) is 5.26 Å². The molecule has 1 N–H and O–H groups in total. The van der Waals surface area contributed by atoms with Gasteiger partial charge in [-0.3, -0.25) is 0 Å². The van der Waals surface area contributed by atoms with Crippen molar-refractivity contribution in [3.05, 3.63) is 39.8 Å². The molecule has 0 aliphatic carbocycles. The van der Waals surface area contributed by atoms with Gasteiger partial charge in [-0.15, -0.1) is 21.5 Å². The van der Waals surface area contributed by atoms with Crippen molar-refractivity contribution in [1.29, 1.82) is 5.26 Å². The van der Waals surface area contributed by atoms with Crippen LogP contribution in [0.15, 0.2) is 29.2 Å². The summed E-state index contributed by atoms with van der Waals surface area (Å²) in [7, 11) is -3.73. The first-order valence-corrected chi connectivity index (χ1v) is 7.60. The summed E-state index contributed by atoms with van der Waals surface area (Å²) >= 11 is 1.32. The van der Waals surface area contributed by atoms with Crippen LogP contribution in [0.1, 0.15) is 15.6 Å². The van der Waals surface area contributed by atoms with Gasteiger partial charge in [0.2, 0.25) is 10.0 Å². The molecule has 0 radical (unpaired) electrons. The van der Waals surface area contributed by atoms with Gasteiger partial charge in [-0.05, 0) is 19.1 Å². The standard InChI is InChI=1S/C11H10N4O2S2/c1-8-14-15-11(18-8)7-13-19(16,17)10-5-3-2-4-9(10)6-12/h2-5,13H,7H2,1H3. The zero-order valence-corrected chi connectivity index (χ0v) is 11.6. The highest BCUT2D eigenvalue weighted by Crippen LogP contribution is 2.15. The minimum atomic E-state index is -3.73. The van der Waals surface area contributed by atoms with E-state index < -0.39 is 10.0 Å². The molecule has 0 unspecified atom stereocenters. The van der Waals surface area contributed by atoms with Gasteiger partial charge in [-0.1, -0.05) is 12.1 Å². The maximum atomic E-state index is 12.1. The zero-order valence-electron chi connectivity index (χ0n) is 9.99. The molecule has 0 aliphatic rings. The van der Waals surface area contributed by atoms with Gasteiger partial charge < -0.3 is 0 Å². The fraction of sp³-hybridized carbons (Fsp3) is 0.182. The summed E-state index contributed by atoms with van der Waals surface area (Å²) in [5, 5.41) is 17.9. The lowest BCUT2D eigenvalue weighted by molar-refractivity contribution is 0.580. The molecule has 0 saturated carbocycles. The van der Waals surface area contributed by atoms with Crippen molar-refractivity contribution in [3.63, 3.8) is 0 Å². The van der Waals surface area contributed by atoms with Crippen LogP contribution in [0.25, 0.3) is 0 Å². The molecule has 2 aromatic rings. The number of aryl methyl sites for hydroxylation is 1. The SMILES string of the molecule is Cc1nnc(CNS(=O)(=O)c2ccccc2C#N)s1. The Morgan fingerprint density at radius 3 is 2.74 bits per heavy atom. The smallest absolute Gasteiger partial charge is 0.207 e. The zero-order chi connectivity index (χ0) is 13.9. The van der Waals surface area contributed by atoms with Crippen LogP contribution in [0.4, 0.5) is 0 Å². The predicted molar refractivity (Wildman–Crippen MR) is 69.8 cm³/mol. The molecule has 98 valence electrons. The maximum absolute atomic E-state index is 12.1. The van der Waals surface area contributed by atoms with Gasteiger partial charge >= 0.3 is 0 Å². The lowest BCUT2D eigenvalue weighted by Crippen LogP contribution is -2.24. The van der Waals surface area contributed by atoms with Gasteiger partial charge in [0.05, 0.1) is 17.0 Å². The molecule has 6 nitrogen and oxygen atoms in total. The third kappa shape index (κ3) is 3.14. The van der Waals surface area contributed by atoms with Crippen molar-refractivity contribution in [3.8, 4) is 6.07 Å². The van der Waals surface area contributed by atoms with E-state index in [1.807, 2.05) is 6.07 Å². The summed E-state index contributed by atoms with van der Waals surface area (Å²) in [6, 6.07) is 7.91. The highest BCUT2D eigenvalue weighted by Gasteiger charge is 2.18. The number of benzene rings is 1. The molecule has 1 aromatic carbocycles. The molecule has 19 heavy (non-hydrogen) atoms. The Hall–Kier alpha value is -1.82. The summed E-state index contributed by atoms with van der Waals surface area (Å²) in [5.41, 5.74) is 0.114. The first kappa shape index (κ1) is 13.6.